The van der Waals surface area contributed by atoms with Gasteiger partial charge in [0, 0.05) is 36.7 Å². The van der Waals surface area contributed by atoms with Crippen LogP contribution in [0.4, 0.5) is 0 Å². The Balaban J connectivity index is 1.97. The largest absolute Gasteiger partial charge is 0.493 e. The Morgan fingerprint density at radius 2 is 1.70 bits per heavy atom. The molecule has 23 heavy (non-hydrogen) atoms. The molecule has 4 nitrogen and oxygen atoms in total. The molecule has 3 rings (SSSR count). The van der Waals surface area contributed by atoms with Crippen LogP contribution >= 0.6 is 15.9 Å². The van der Waals surface area contributed by atoms with Crippen LogP contribution in [0.2, 0.25) is 0 Å². The fraction of sp³-hybridized carbons (Fsp3) is 0.667. The third kappa shape index (κ3) is 3.67. The number of methoxy groups -OCH3 is 2. The van der Waals surface area contributed by atoms with Gasteiger partial charge in [0.1, 0.15) is 0 Å². The molecule has 0 unspecified atom stereocenters. The Labute approximate surface area is 147 Å². The summed E-state index contributed by atoms with van der Waals surface area (Å²) in [5.41, 5.74) is 1.34. The number of hydrogen-bond acceptors (Lipinski definition) is 4. The molecule has 1 aliphatic heterocycles. The second-order valence-corrected chi connectivity index (χ2v) is 7.36. The standard InChI is InChI=1S/C18H27BrN2O2/c1-22-16-11-14(15(19)12-17(16)23-2)18(13-5-3-4-6-13)21-9-7-20-8-10-21/h11-13,18,20H,3-10H2,1-2H3/t18-/m1/s1. The molecule has 1 aliphatic carbocycles. The van der Waals surface area contributed by atoms with E-state index >= 15 is 0 Å². The van der Waals surface area contributed by atoms with E-state index in [4.69, 9.17) is 9.47 Å². The van der Waals surface area contributed by atoms with Crippen LogP contribution in [0.1, 0.15) is 37.3 Å². The molecule has 1 heterocycles. The predicted octanol–water partition coefficient (Wildman–Crippen LogP) is 3.60. The first-order valence-corrected chi connectivity index (χ1v) is 9.40. The zero-order valence-electron chi connectivity index (χ0n) is 14.1. The molecule has 1 atom stereocenters. The van der Waals surface area contributed by atoms with Crippen molar-refractivity contribution in [3.05, 3.63) is 22.2 Å². The lowest BCUT2D eigenvalue weighted by Gasteiger charge is -2.39. The highest BCUT2D eigenvalue weighted by Gasteiger charge is 2.33. The molecule has 1 N–H and O–H groups in total. The molecule has 1 aromatic rings. The molecule has 128 valence electrons. The molecule has 5 heteroatoms. The third-order valence-corrected chi connectivity index (χ3v) is 5.90. The van der Waals surface area contributed by atoms with E-state index in [2.05, 4.69) is 38.3 Å². The SMILES string of the molecule is COc1cc(Br)c([C@@H](C2CCCC2)N2CCNCC2)cc1OC. The summed E-state index contributed by atoms with van der Waals surface area (Å²) in [4.78, 5) is 2.65. The van der Waals surface area contributed by atoms with E-state index in [9.17, 15) is 0 Å². The maximum atomic E-state index is 5.56. The monoisotopic (exact) mass is 382 g/mol. The second-order valence-electron chi connectivity index (χ2n) is 6.50. The van der Waals surface area contributed by atoms with Gasteiger partial charge in [0.05, 0.1) is 14.2 Å². The van der Waals surface area contributed by atoms with Crippen LogP contribution in [0.25, 0.3) is 0 Å². The topological polar surface area (TPSA) is 33.7 Å². The molecule has 0 radical (unpaired) electrons. The minimum atomic E-state index is 0.466. The molecular formula is C18H27BrN2O2. The van der Waals surface area contributed by atoms with Crippen molar-refractivity contribution in [2.24, 2.45) is 5.92 Å². The van der Waals surface area contributed by atoms with Gasteiger partial charge in [-0.25, -0.2) is 0 Å². The van der Waals surface area contributed by atoms with E-state index in [-0.39, 0.29) is 0 Å². The predicted molar refractivity (Wildman–Crippen MR) is 96.4 cm³/mol. The van der Waals surface area contributed by atoms with E-state index in [0.717, 1.165) is 48.1 Å². The summed E-state index contributed by atoms with van der Waals surface area (Å²) in [5.74, 6) is 2.35. The van der Waals surface area contributed by atoms with Gasteiger partial charge in [-0.1, -0.05) is 28.8 Å². The average molecular weight is 383 g/mol. The van der Waals surface area contributed by atoms with Gasteiger partial charge in [-0.05, 0) is 36.5 Å². The molecule has 0 spiro atoms. The van der Waals surface area contributed by atoms with Crippen LogP contribution in [-0.2, 0) is 0 Å². The summed E-state index contributed by atoms with van der Waals surface area (Å²) < 4.78 is 12.1. The summed E-state index contributed by atoms with van der Waals surface area (Å²) >= 11 is 3.79. The molecule has 1 saturated heterocycles. The number of rotatable bonds is 5. The lowest BCUT2D eigenvalue weighted by Crippen LogP contribution is -2.46. The Morgan fingerprint density at radius 3 is 2.30 bits per heavy atom. The number of benzene rings is 1. The van der Waals surface area contributed by atoms with E-state index in [0.29, 0.717) is 6.04 Å². The highest BCUT2D eigenvalue weighted by Crippen LogP contribution is 2.45. The van der Waals surface area contributed by atoms with Crippen LogP contribution in [0.5, 0.6) is 11.5 Å². The summed E-state index contributed by atoms with van der Waals surface area (Å²) in [6, 6.07) is 4.69. The minimum Gasteiger partial charge on any atom is -0.493 e. The van der Waals surface area contributed by atoms with Crippen molar-refractivity contribution in [2.45, 2.75) is 31.7 Å². The Morgan fingerprint density at radius 1 is 1.09 bits per heavy atom. The normalized spacial score (nSPS) is 21.3. The lowest BCUT2D eigenvalue weighted by molar-refractivity contribution is 0.125. The van der Waals surface area contributed by atoms with Crippen LogP contribution in [0, 0.1) is 5.92 Å². The van der Waals surface area contributed by atoms with Crippen LogP contribution in [0.15, 0.2) is 16.6 Å². The molecule has 2 aliphatic rings. The fourth-order valence-corrected chi connectivity index (χ4v) is 4.64. The number of nitrogens with zero attached hydrogens (tertiary/aromatic N) is 1. The van der Waals surface area contributed by atoms with Crippen molar-refractivity contribution in [1.29, 1.82) is 0 Å². The maximum absolute atomic E-state index is 5.56. The van der Waals surface area contributed by atoms with E-state index in [1.54, 1.807) is 14.2 Å². The van der Waals surface area contributed by atoms with Crippen molar-refractivity contribution < 1.29 is 9.47 Å². The smallest absolute Gasteiger partial charge is 0.161 e. The lowest BCUT2D eigenvalue weighted by atomic mass is 9.89. The fourth-order valence-electron chi connectivity index (χ4n) is 4.08. The van der Waals surface area contributed by atoms with Gasteiger partial charge >= 0.3 is 0 Å². The van der Waals surface area contributed by atoms with Gasteiger partial charge < -0.3 is 14.8 Å². The first-order chi connectivity index (χ1) is 11.2. The van der Waals surface area contributed by atoms with E-state index in [1.807, 2.05) is 0 Å². The van der Waals surface area contributed by atoms with E-state index in [1.165, 1.54) is 31.2 Å². The van der Waals surface area contributed by atoms with Crippen molar-refractivity contribution >= 4 is 15.9 Å². The maximum Gasteiger partial charge on any atom is 0.161 e. The quantitative estimate of drug-likeness (QED) is 0.843. The average Bonchev–Trinajstić information content (AvgIpc) is 3.11. The van der Waals surface area contributed by atoms with Crippen molar-refractivity contribution in [3.8, 4) is 11.5 Å². The molecule has 1 saturated carbocycles. The van der Waals surface area contributed by atoms with Gasteiger partial charge in [-0.2, -0.15) is 0 Å². The first kappa shape index (κ1) is 17.1. The molecule has 2 fully saturated rings. The van der Waals surface area contributed by atoms with Gasteiger partial charge in [0.25, 0.3) is 0 Å². The van der Waals surface area contributed by atoms with Gasteiger partial charge in [0.2, 0.25) is 0 Å². The molecule has 0 bridgehead atoms. The van der Waals surface area contributed by atoms with Crippen LogP contribution in [0.3, 0.4) is 0 Å². The molecule has 0 aromatic heterocycles. The highest BCUT2D eigenvalue weighted by molar-refractivity contribution is 9.10. The Kier molecular flexibility index (Phi) is 5.83. The zero-order valence-corrected chi connectivity index (χ0v) is 15.7. The number of ether oxygens (including phenoxy) is 2. The van der Waals surface area contributed by atoms with Crippen molar-refractivity contribution in [1.82, 2.24) is 10.2 Å². The molecule has 0 amide bonds. The summed E-state index contributed by atoms with van der Waals surface area (Å²) in [7, 11) is 3.40. The summed E-state index contributed by atoms with van der Waals surface area (Å²) in [5, 5.41) is 3.47. The van der Waals surface area contributed by atoms with Crippen LogP contribution < -0.4 is 14.8 Å². The van der Waals surface area contributed by atoms with E-state index < -0.39 is 0 Å². The summed E-state index contributed by atoms with van der Waals surface area (Å²) in [6.07, 6.45) is 5.38. The second kappa shape index (κ2) is 7.86. The number of piperazine rings is 1. The first-order valence-electron chi connectivity index (χ1n) is 8.60. The number of hydrogen-bond donors (Lipinski definition) is 1. The van der Waals surface area contributed by atoms with Gasteiger partial charge in [0.15, 0.2) is 11.5 Å². The molecular weight excluding hydrogens is 356 g/mol. The number of nitrogens with one attached hydrogen (secondary N) is 1. The minimum absolute atomic E-state index is 0.466. The van der Waals surface area contributed by atoms with Crippen molar-refractivity contribution in [3.63, 3.8) is 0 Å². The van der Waals surface area contributed by atoms with Gasteiger partial charge in [-0.3, -0.25) is 4.90 Å². The Hall–Kier alpha value is -0.780. The third-order valence-electron chi connectivity index (χ3n) is 5.21. The highest BCUT2D eigenvalue weighted by atomic mass is 79.9. The number of halogens is 1. The Bertz CT molecular complexity index is 526. The van der Waals surface area contributed by atoms with Crippen molar-refractivity contribution in [2.75, 3.05) is 40.4 Å². The zero-order chi connectivity index (χ0) is 16.2. The van der Waals surface area contributed by atoms with Gasteiger partial charge in [-0.15, -0.1) is 0 Å². The van der Waals surface area contributed by atoms with Crippen LogP contribution in [-0.4, -0.2) is 45.3 Å². The molecule has 1 aromatic carbocycles. The summed E-state index contributed by atoms with van der Waals surface area (Å²) in [6.45, 7) is 4.38.